The zero-order chi connectivity index (χ0) is 24.3. The van der Waals surface area contributed by atoms with E-state index in [1.54, 1.807) is 11.7 Å². The van der Waals surface area contributed by atoms with Crippen molar-refractivity contribution in [1.82, 2.24) is 9.47 Å². The lowest BCUT2D eigenvalue weighted by atomic mass is 9.95. The van der Waals surface area contributed by atoms with Crippen LogP contribution in [0.25, 0.3) is 10.9 Å². The molecule has 0 bridgehead atoms. The van der Waals surface area contributed by atoms with Crippen LogP contribution >= 0.6 is 0 Å². The van der Waals surface area contributed by atoms with Crippen molar-refractivity contribution < 1.29 is 28.6 Å². The molecule has 1 N–H and O–H groups in total. The summed E-state index contributed by atoms with van der Waals surface area (Å²) >= 11 is 0. The second-order valence-corrected chi connectivity index (χ2v) is 8.93. The first-order valence-corrected chi connectivity index (χ1v) is 11.3. The van der Waals surface area contributed by atoms with Crippen molar-refractivity contribution in [3.8, 4) is 11.5 Å². The number of nitrogens with zero attached hydrogens (tertiary/aromatic N) is 3. The molecule has 0 aliphatic carbocycles. The number of carbonyl (C=O) groups is 1. The molecule has 0 spiro atoms. The number of hydrogen-bond donors (Lipinski definition) is 1. The van der Waals surface area contributed by atoms with Gasteiger partial charge < -0.3 is 24.0 Å². The van der Waals surface area contributed by atoms with Crippen LogP contribution in [0.5, 0.6) is 11.5 Å². The number of fused-ring (bicyclic) bond motifs is 1. The number of hydrogen-bond acceptors (Lipinski definition) is 7. The highest BCUT2D eigenvalue weighted by Crippen LogP contribution is 2.37. The number of aromatic nitrogens is 1. The summed E-state index contributed by atoms with van der Waals surface area (Å²) in [7, 11) is 1.61. The molecule has 3 aliphatic rings. The molecule has 3 aromatic rings. The van der Waals surface area contributed by atoms with Gasteiger partial charge in [0.05, 0.1) is 36.2 Å². The van der Waals surface area contributed by atoms with Crippen LogP contribution in [0.1, 0.15) is 21.5 Å². The Hall–Kier alpha value is -3.92. The van der Waals surface area contributed by atoms with E-state index in [9.17, 15) is 14.7 Å². The standard InChI is InChI=1S/C25H22FN3O6/c1-33-14-4-2-13(3-5-14)21-17-10-28(12-20(17)35-27-21)9-16-19(26)8-15-22-24(16)34-7-6-29(22)11-18(23(15)30)25(31)32/h2-5,8,11,17,20H,6-7,9-10,12H2,1H3,(H,31,32). The lowest BCUT2D eigenvalue weighted by Gasteiger charge is -2.26. The van der Waals surface area contributed by atoms with Crippen LogP contribution < -0.4 is 14.9 Å². The summed E-state index contributed by atoms with van der Waals surface area (Å²) in [5, 5.41) is 13.7. The lowest BCUT2D eigenvalue weighted by Crippen LogP contribution is -2.27. The Bertz CT molecular complexity index is 1450. The fourth-order valence-corrected chi connectivity index (χ4v) is 5.21. The normalized spacial score (nSPS) is 20.8. The van der Waals surface area contributed by atoms with Crippen LogP contribution in [0.4, 0.5) is 4.39 Å². The number of carboxylic acids is 1. The summed E-state index contributed by atoms with van der Waals surface area (Å²) in [4.78, 5) is 32.0. The number of likely N-dealkylation sites (tertiary alicyclic amines) is 1. The smallest absolute Gasteiger partial charge is 0.341 e. The third kappa shape index (κ3) is 3.44. The number of carboxylic acid groups (broad SMARTS) is 1. The molecule has 9 nitrogen and oxygen atoms in total. The number of rotatable bonds is 5. The maximum Gasteiger partial charge on any atom is 0.341 e. The van der Waals surface area contributed by atoms with Crippen molar-refractivity contribution in [2.45, 2.75) is 19.2 Å². The number of methoxy groups -OCH3 is 1. The molecule has 2 unspecified atom stereocenters. The van der Waals surface area contributed by atoms with Crippen molar-refractivity contribution in [1.29, 1.82) is 0 Å². The average Bonchev–Trinajstić information content (AvgIpc) is 3.43. The first-order chi connectivity index (χ1) is 16.9. The molecule has 2 atom stereocenters. The van der Waals surface area contributed by atoms with E-state index in [1.165, 1.54) is 6.20 Å². The summed E-state index contributed by atoms with van der Waals surface area (Å²) < 4.78 is 28.1. The monoisotopic (exact) mass is 479 g/mol. The molecule has 6 rings (SSSR count). The van der Waals surface area contributed by atoms with E-state index in [-0.39, 0.29) is 36.1 Å². The van der Waals surface area contributed by atoms with Crippen molar-refractivity contribution in [3.63, 3.8) is 0 Å². The van der Waals surface area contributed by atoms with E-state index in [4.69, 9.17) is 14.3 Å². The lowest BCUT2D eigenvalue weighted by molar-refractivity contribution is 0.0694. The number of pyridine rings is 1. The Labute approximate surface area is 198 Å². The van der Waals surface area contributed by atoms with Gasteiger partial charge in [-0.2, -0.15) is 0 Å². The fraction of sp³-hybridized carbons (Fsp3) is 0.320. The van der Waals surface area contributed by atoms with E-state index in [1.807, 2.05) is 24.3 Å². The number of benzene rings is 2. The quantitative estimate of drug-likeness (QED) is 0.600. The summed E-state index contributed by atoms with van der Waals surface area (Å²) in [5.41, 5.74) is 1.48. The van der Waals surface area contributed by atoms with Gasteiger partial charge in [-0.15, -0.1) is 0 Å². The molecule has 35 heavy (non-hydrogen) atoms. The second kappa shape index (κ2) is 8.09. The summed E-state index contributed by atoms with van der Waals surface area (Å²) in [6.07, 6.45) is 1.18. The number of aromatic carboxylic acids is 1. The summed E-state index contributed by atoms with van der Waals surface area (Å²) in [6.45, 7) is 2.08. The van der Waals surface area contributed by atoms with Gasteiger partial charge in [0.2, 0.25) is 5.43 Å². The van der Waals surface area contributed by atoms with Gasteiger partial charge in [-0.05, 0) is 30.3 Å². The minimum absolute atomic E-state index is 0.0106. The van der Waals surface area contributed by atoms with Crippen molar-refractivity contribution >= 4 is 22.6 Å². The van der Waals surface area contributed by atoms with Crippen molar-refractivity contribution in [2.75, 3.05) is 26.8 Å². The van der Waals surface area contributed by atoms with E-state index in [2.05, 4.69) is 10.1 Å². The second-order valence-electron chi connectivity index (χ2n) is 8.93. The van der Waals surface area contributed by atoms with Gasteiger partial charge in [0.25, 0.3) is 0 Å². The van der Waals surface area contributed by atoms with Crippen LogP contribution in [0.15, 0.2) is 46.5 Å². The average molecular weight is 479 g/mol. The van der Waals surface area contributed by atoms with E-state index >= 15 is 4.39 Å². The first kappa shape index (κ1) is 21.6. The predicted octanol–water partition coefficient (Wildman–Crippen LogP) is 2.47. The van der Waals surface area contributed by atoms with Crippen LogP contribution in [-0.2, 0) is 17.9 Å². The summed E-state index contributed by atoms with van der Waals surface area (Å²) in [5.74, 6) is -0.839. The predicted molar refractivity (Wildman–Crippen MR) is 124 cm³/mol. The van der Waals surface area contributed by atoms with Gasteiger partial charge in [-0.3, -0.25) is 9.69 Å². The molecular weight excluding hydrogens is 457 g/mol. The largest absolute Gasteiger partial charge is 0.497 e. The zero-order valence-corrected chi connectivity index (χ0v) is 18.9. The van der Waals surface area contributed by atoms with Crippen molar-refractivity contribution in [2.24, 2.45) is 11.1 Å². The SMILES string of the molecule is COc1ccc(C2=NOC3CN(Cc4c(F)cc5c(=O)c(C(=O)O)cn6c5c4OCC6)CC23)cc1. The third-order valence-electron chi connectivity index (χ3n) is 6.92. The Morgan fingerprint density at radius 3 is 2.83 bits per heavy atom. The Morgan fingerprint density at radius 1 is 1.29 bits per heavy atom. The van der Waals surface area contributed by atoms with E-state index in [0.717, 1.165) is 23.1 Å². The van der Waals surface area contributed by atoms with Crippen LogP contribution in [0, 0.1) is 11.7 Å². The zero-order valence-electron chi connectivity index (χ0n) is 18.9. The summed E-state index contributed by atoms with van der Waals surface area (Å²) in [6, 6.07) is 8.76. The molecule has 10 heteroatoms. The molecule has 3 aliphatic heterocycles. The third-order valence-corrected chi connectivity index (χ3v) is 6.92. The van der Waals surface area contributed by atoms with Gasteiger partial charge in [-0.25, -0.2) is 9.18 Å². The van der Waals surface area contributed by atoms with Gasteiger partial charge in [0, 0.05) is 37.0 Å². The van der Waals surface area contributed by atoms with E-state index < -0.39 is 17.2 Å². The molecule has 0 amide bonds. The molecule has 0 radical (unpaired) electrons. The van der Waals surface area contributed by atoms with Gasteiger partial charge in [0.15, 0.2) is 5.75 Å². The highest BCUT2D eigenvalue weighted by atomic mass is 19.1. The maximum absolute atomic E-state index is 15.3. The van der Waals surface area contributed by atoms with Gasteiger partial charge in [0.1, 0.15) is 29.8 Å². The molecule has 1 saturated heterocycles. The van der Waals surface area contributed by atoms with Gasteiger partial charge in [-0.1, -0.05) is 5.16 Å². The Balaban J connectivity index is 1.31. The highest BCUT2D eigenvalue weighted by molar-refractivity contribution is 6.03. The van der Waals surface area contributed by atoms with Crippen LogP contribution in [0.2, 0.25) is 0 Å². The number of halogens is 1. The first-order valence-electron chi connectivity index (χ1n) is 11.3. The molecule has 1 aromatic heterocycles. The Morgan fingerprint density at radius 2 is 2.09 bits per heavy atom. The maximum atomic E-state index is 15.3. The topological polar surface area (TPSA) is 103 Å². The van der Waals surface area contributed by atoms with E-state index in [0.29, 0.717) is 36.5 Å². The number of ether oxygens (including phenoxy) is 2. The van der Waals surface area contributed by atoms with Gasteiger partial charge >= 0.3 is 5.97 Å². The Kier molecular flexibility index (Phi) is 4.99. The molecular formula is C25H22FN3O6. The molecule has 1 fully saturated rings. The molecule has 180 valence electrons. The fourth-order valence-electron chi connectivity index (χ4n) is 5.21. The molecule has 0 saturated carbocycles. The molecule has 4 heterocycles. The molecule has 2 aromatic carbocycles. The van der Waals surface area contributed by atoms with Crippen LogP contribution in [0.3, 0.4) is 0 Å². The minimum atomic E-state index is -1.34. The number of oxime groups is 1. The van der Waals surface area contributed by atoms with Crippen LogP contribution in [-0.4, -0.2) is 59.2 Å². The minimum Gasteiger partial charge on any atom is -0.497 e. The van der Waals surface area contributed by atoms with Crippen molar-refractivity contribution in [3.05, 3.63) is 69.3 Å². The highest BCUT2D eigenvalue weighted by Gasteiger charge is 2.43.